The summed E-state index contributed by atoms with van der Waals surface area (Å²) in [5.74, 6) is 5.93. The predicted molar refractivity (Wildman–Crippen MR) is 77.9 cm³/mol. The fraction of sp³-hybridized carbons (Fsp3) is 1.00. The highest BCUT2D eigenvalue weighted by atomic mass is 15.4. The number of hydrogen-bond acceptors (Lipinski definition) is 2. The molecule has 0 bridgehead atoms. The largest absolute Gasteiger partial charge is 0.269 e. The van der Waals surface area contributed by atoms with E-state index in [1.807, 2.05) is 5.01 Å². The number of nitrogens with zero attached hydrogens (tertiary/aromatic N) is 1. The molecule has 0 unspecified atom stereocenters. The standard InChI is InChI=1S/C15H34N2/c1-3-5-7-8-9-10-11-13-15-17(16)14-12-6-4-2/h3-16H2,1-2H3. The molecule has 0 saturated heterocycles. The van der Waals surface area contributed by atoms with Gasteiger partial charge in [0.05, 0.1) is 0 Å². The highest BCUT2D eigenvalue weighted by Crippen LogP contribution is 2.08. The van der Waals surface area contributed by atoms with Gasteiger partial charge in [0.1, 0.15) is 0 Å². The lowest BCUT2D eigenvalue weighted by atomic mass is 10.1. The Balaban J connectivity index is 3.05. The van der Waals surface area contributed by atoms with Gasteiger partial charge in [-0.3, -0.25) is 5.84 Å². The van der Waals surface area contributed by atoms with Crippen LogP contribution in [-0.4, -0.2) is 18.1 Å². The Hall–Kier alpha value is -0.0800. The lowest BCUT2D eigenvalue weighted by Gasteiger charge is -2.15. The van der Waals surface area contributed by atoms with Gasteiger partial charge in [0.2, 0.25) is 0 Å². The Kier molecular flexibility index (Phi) is 13.9. The number of rotatable bonds is 13. The van der Waals surface area contributed by atoms with Crippen molar-refractivity contribution in [3.05, 3.63) is 0 Å². The van der Waals surface area contributed by atoms with E-state index in [1.165, 1.54) is 70.6 Å². The van der Waals surface area contributed by atoms with Crippen molar-refractivity contribution in [1.82, 2.24) is 5.01 Å². The van der Waals surface area contributed by atoms with E-state index in [9.17, 15) is 0 Å². The molecular formula is C15H34N2. The molecule has 0 saturated carbocycles. The highest BCUT2D eigenvalue weighted by molar-refractivity contribution is 4.52. The maximum Gasteiger partial charge on any atom is 0.0128 e. The van der Waals surface area contributed by atoms with Crippen molar-refractivity contribution < 1.29 is 0 Å². The molecule has 0 aromatic heterocycles. The Bertz CT molecular complexity index is 137. The lowest BCUT2D eigenvalue weighted by Crippen LogP contribution is -2.32. The molecule has 17 heavy (non-hydrogen) atoms. The van der Waals surface area contributed by atoms with Gasteiger partial charge in [-0.25, -0.2) is 5.01 Å². The summed E-state index contributed by atoms with van der Waals surface area (Å²) in [7, 11) is 0. The van der Waals surface area contributed by atoms with Crippen LogP contribution < -0.4 is 5.84 Å². The molecule has 0 aliphatic carbocycles. The molecule has 0 radical (unpaired) electrons. The van der Waals surface area contributed by atoms with Gasteiger partial charge in [0.15, 0.2) is 0 Å². The molecule has 104 valence electrons. The van der Waals surface area contributed by atoms with E-state index in [0.29, 0.717) is 0 Å². The van der Waals surface area contributed by atoms with Crippen LogP contribution in [0.1, 0.15) is 84.5 Å². The molecular weight excluding hydrogens is 208 g/mol. The maximum absolute atomic E-state index is 5.93. The van der Waals surface area contributed by atoms with E-state index in [2.05, 4.69) is 13.8 Å². The first-order chi connectivity index (χ1) is 8.31. The summed E-state index contributed by atoms with van der Waals surface area (Å²) < 4.78 is 0. The maximum atomic E-state index is 5.93. The van der Waals surface area contributed by atoms with Crippen LogP contribution in [0.2, 0.25) is 0 Å². The summed E-state index contributed by atoms with van der Waals surface area (Å²) in [5.41, 5.74) is 0. The van der Waals surface area contributed by atoms with Crippen LogP contribution in [0.5, 0.6) is 0 Å². The quantitative estimate of drug-likeness (QED) is 0.293. The molecule has 0 fully saturated rings. The third kappa shape index (κ3) is 13.9. The topological polar surface area (TPSA) is 29.3 Å². The highest BCUT2D eigenvalue weighted by Gasteiger charge is 1.98. The van der Waals surface area contributed by atoms with Crippen molar-refractivity contribution in [1.29, 1.82) is 0 Å². The molecule has 0 aromatic carbocycles. The Morgan fingerprint density at radius 2 is 0.941 bits per heavy atom. The second-order valence-corrected chi connectivity index (χ2v) is 5.22. The fourth-order valence-corrected chi connectivity index (χ4v) is 2.13. The zero-order valence-electron chi connectivity index (χ0n) is 12.2. The molecule has 0 amide bonds. The summed E-state index contributed by atoms with van der Waals surface area (Å²) in [6.45, 7) is 6.66. The Labute approximate surface area is 109 Å². The second-order valence-electron chi connectivity index (χ2n) is 5.22. The zero-order valence-corrected chi connectivity index (χ0v) is 12.2. The number of nitrogens with two attached hydrogens (primary N) is 1. The Morgan fingerprint density at radius 1 is 0.588 bits per heavy atom. The number of hydrazine groups is 1. The third-order valence-corrected chi connectivity index (χ3v) is 3.35. The number of unbranched alkanes of at least 4 members (excludes halogenated alkanes) is 9. The van der Waals surface area contributed by atoms with Crippen LogP contribution in [0.3, 0.4) is 0 Å². The van der Waals surface area contributed by atoms with Gasteiger partial charge < -0.3 is 0 Å². The van der Waals surface area contributed by atoms with Gasteiger partial charge in [-0.1, -0.05) is 71.6 Å². The molecule has 2 nitrogen and oxygen atoms in total. The molecule has 2 heteroatoms. The molecule has 0 spiro atoms. The molecule has 0 aliphatic heterocycles. The summed E-state index contributed by atoms with van der Waals surface area (Å²) in [5, 5.41) is 2.01. The summed E-state index contributed by atoms with van der Waals surface area (Å²) in [6.07, 6.45) is 14.9. The minimum absolute atomic E-state index is 1.07. The molecule has 2 N–H and O–H groups in total. The van der Waals surface area contributed by atoms with Crippen molar-refractivity contribution in [2.45, 2.75) is 84.5 Å². The van der Waals surface area contributed by atoms with Gasteiger partial charge >= 0.3 is 0 Å². The Morgan fingerprint density at radius 3 is 1.47 bits per heavy atom. The minimum Gasteiger partial charge on any atom is -0.269 e. The van der Waals surface area contributed by atoms with Crippen LogP contribution in [0.25, 0.3) is 0 Å². The summed E-state index contributed by atoms with van der Waals surface area (Å²) >= 11 is 0. The van der Waals surface area contributed by atoms with E-state index in [-0.39, 0.29) is 0 Å². The summed E-state index contributed by atoms with van der Waals surface area (Å²) in [6, 6.07) is 0. The first-order valence-corrected chi connectivity index (χ1v) is 7.80. The van der Waals surface area contributed by atoms with Gasteiger partial charge in [-0.2, -0.15) is 0 Å². The average Bonchev–Trinajstić information content (AvgIpc) is 2.33. The van der Waals surface area contributed by atoms with Crippen LogP contribution in [0.4, 0.5) is 0 Å². The van der Waals surface area contributed by atoms with Crippen molar-refractivity contribution in [2.75, 3.05) is 13.1 Å². The first-order valence-electron chi connectivity index (χ1n) is 7.80. The van der Waals surface area contributed by atoms with Crippen molar-refractivity contribution in [2.24, 2.45) is 5.84 Å². The van der Waals surface area contributed by atoms with Crippen molar-refractivity contribution in [3.63, 3.8) is 0 Å². The zero-order chi connectivity index (χ0) is 12.8. The van der Waals surface area contributed by atoms with Crippen LogP contribution in [0.15, 0.2) is 0 Å². The van der Waals surface area contributed by atoms with Crippen LogP contribution in [0, 0.1) is 0 Å². The van der Waals surface area contributed by atoms with E-state index < -0.39 is 0 Å². The number of hydrogen-bond donors (Lipinski definition) is 1. The smallest absolute Gasteiger partial charge is 0.0128 e. The van der Waals surface area contributed by atoms with Crippen molar-refractivity contribution >= 4 is 0 Å². The van der Waals surface area contributed by atoms with E-state index in [1.54, 1.807) is 0 Å². The van der Waals surface area contributed by atoms with E-state index >= 15 is 0 Å². The average molecular weight is 242 g/mol. The third-order valence-electron chi connectivity index (χ3n) is 3.35. The van der Waals surface area contributed by atoms with Gasteiger partial charge in [-0.15, -0.1) is 0 Å². The van der Waals surface area contributed by atoms with Gasteiger partial charge in [0.25, 0.3) is 0 Å². The second kappa shape index (κ2) is 14.0. The molecule has 0 aromatic rings. The molecule has 0 heterocycles. The van der Waals surface area contributed by atoms with E-state index in [4.69, 9.17) is 5.84 Å². The van der Waals surface area contributed by atoms with Gasteiger partial charge in [0, 0.05) is 13.1 Å². The molecule has 0 rings (SSSR count). The monoisotopic (exact) mass is 242 g/mol. The van der Waals surface area contributed by atoms with Gasteiger partial charge in [-0.05, 0) is 12.8 Å². The normalized spacial score (nSPS) is 11.3. The summed E-state index contributed by atoms with van der Waals surface area (Å²) in [4.78, 5) is 0. The first kappa shape index (κ1) is 16.9. The van der Waals surface area contributed by atoms with Crippen molar-refractivity contribution in [3.8, 4) is 0 Å². The van der Waals surface area contributed by atoms with E-state index in [0.717, 1.165) is 13.1 Å². The lowest BCUT2D eigenvalue weighted by molar-refractivity contribution is 0.269. The van der Waals surface area contributed by atoms with Crippen LogP contribution in [-0.2, 0) is 0 Å². The SMILES string of the molecule is CCCCCCCCCCN(N)CCCCC. The molecule has 0 aliphatic rings. The minimum atomic E-state index is 1.07. The van der Waals surface area contributed by atoms with Crippen LogP contribution >= 0.6 is 0 Å². The predicted octanol–water partition coefficient (Wildman–Crippen LogP) is 4.49. The fourth-order valence-electron chi connectivity index (χ4n) is 2.13. The molecule has 0 atom stereocenters.